The van der Waals surface area contributed by atoms with Gasteiger partial charge < -0.3 is 10.4 Å². The Balaban J connectivity index is 1.84. The van der Waals surface area contributed by atoms with Gasteiger partial charge in [-0.3, -0.25) is 4.79 Å². The Morgan fingerprint density at radius 3 is 2.60 bits per heavy atom. The zero-order chi connectivity index (χ0) is 17.8. The van der Waals surface area contributed by atoms with Crippen molar-refractivity contribution >= 4 is 45.9 Å². The number of nitriles is 1. The Morgan fingerprint density at radius 1 is 1.36 bits per heavy atom. The molecule has 2 N–H and O–H groups in total. The molecule has 0 aromatic carbocycles. The number of carbonyl (C=O) groups is 1. The summed E-state index contributed by atoms with van der Waals surface area (Å²) in [6.07, 6.45) is 0. The van der Waals surface area contributed by atoms with E-state index < -0.39 is 5.92 Å². The summed E-state index contributed by atoms with van der Waals surface area (Å²) in [5.41, 5.74) is 1.88. The predicted octanol–water partition coefficient (Wildman–Crippen LogP) is 4.71. The monoisotopic (exact) mass is 386 g/mol. The van der Waals surface area contributed by atoms with E-state index in [9.17, 15) is 4.79 Å². The normalized spacial score (nSPS) is 11.8. The molecular weight excluding hydrogens is 372 g/mol. The largest absolute Gasteiger partial charge is 0.332 e. The van der Waals surface area contributed by atoms with Crippen LogP contribution in [0.1, 0.15) is 6.92 Å². The summed E-state index contributed by atoms with van der Waals surface area (Å²) in [4.78, 5) is 22.2. The van der Waals surface area contributed by atoms with Crippen LogP contribution < -0.4 is 0 Å². The average Bonchev–Trinajstić information content (AvgIpc) is 3.32. The van der Waals surface area contributed by atoms with Crippen LogP contribution in [-0.4, -0.2) is 27.2 Å². The molecule has 0 aliphatic heterocycles. The Morgan fingerprint density at radius 2 is 2.04 bits per heavy atom. The minimum Gasteiger partial charge on any atom is -0.332 e. The van der Waals surface area contributed by atoms with Crippen molar-refractivity contribution in [3.05, 3.63) is 35.0 Å². The van der Waals surface area contributed by atoms with Gasteiger partial charge in [-0.2, -0.15) is 5.26 Å². The van der Waals surface area contributed by atoms with Crippen LogP contribution in [-0.2, 0) is 4.79 Å². The first-order valence-electron chi connectivity index (χ1n) is 7.38. The van der Waals surface area contributed by atoms with Gasteiger partial charge in [-0.05, 0) is 29.8 Å². The number of thiophene rings is 2. The van der Waals surface area contributed by atoms with E-state index in [0.29, 0.717) is 5.16 Å². The first-order chi connectivity index (χ1) is 12.1. The maximum atomic E-state index is 12.1. The first-order valence-corrected chi connectivity index (χ1v) is 10.1. The van der Waals surface area contributed by atoms with E-state index in [1.54, 1.807) is 22.7 Å². The second-order valence-electron chi connectivity index (χ2n) is 5.22. The highest BCUT2D eigenvalue weighted by Gasteiger charge is 2.22. The van der Waals surface area contributed by atoms with Crippen LogP contribution in [0.2, 0.25) is 0 Å². The third-order valence-corrected chi connectivity index (χ3v) is 6.10. The van der Waals surface area contributed by atoms with Crippen molar-refractivity contribution < 1.29 is 4.79 Å². The summed E-state index contributed by atoms with van der Waals surface area (Å²) in [6.45, 7) is 1.48. The molecule has 1 atom stereocenters. The lowest BCUT2D eigenvalue weighted by molar-refractivity contribution is -0.117. The Kier molecular flexibility index (Phi) is 5.48. The van der Waals surface area contributed by atoms with Gasteiger partial charge in [0.15, 0.2) is 10.9 Å². The van der Waals surface area contributed by atoms with Gasteiger partial charge in [0.25, 0.3) is 0 Å². The van der Waals surface area contributed by atoms with Crippen molar-refractivity contribution in [3.63, 3.8) is 0 Å². The van der Waals surface area contributed by atoms with E-state index in [2.05, 4.69) is 9.97 Å². The molecule has 0 fully saturated rings. The summed E-state index contributed by atoms with van der Waals surface area (Å²) >= 11 is 4.50. The summed E-state index contributed by atoms with van der Waals surface area (Å²) in [5.74, 6) is -1.14. The summed E-state index contributed by atoms with van der Waals surface area (Å²) in [7, 11) is 0. The molecule has 1 unspecified atom stereocenters. The van der Waals surface area contributed by atoms with Crippen LogP contribution >= 0.6 is 34.4 Å². The fraction of sp³-hybridized carbons (Fsp3) is 0.176. The SMILES string of the molecule is CC(=N)C(C#N)C(=O)CSc1nc(-c2cccs2)c(-c2cccs2)[nH]1. The quantitative estimate of drug-likeness (QED) is 0.454. The smallest absolute Gasteiger partial charge is 0.166 e. The molecule has 3 heterocycles. The molecule has 0 spiro atoms. The van der Waals surface area contributed by atoms with Gasteiger partial charge in [-0.1, -0.05) is 23.9 Å². The lowest BCUT2D eigenvalue weighted by Gasteiger charge is -2.04. The van der Waals surface area contributed by atoms with Gasteiger partial charge >= 0.3 is 0 Å². The van der Waals surface area contributed by atoms with E-state index in [-0.39, 0.29) is 17.2 Å². The minimum atomic E-state index is -0.976. The minimum absolute atomic E-state index is 0.0751. The highest BCUT2D eigenvalue weighted by atomic mass is 32.2. The van der Waals surface area contributed by atoms with Crippen molar-refractivity contribution in [1.29, 1.82) is 10.7 Å². The summed E-state index contributed by atoms with van der Waals surface area (Å²) < 4.78 is 0. The molecule has 3 aromatic heterocycles. The van der Waals surface area contributed by atoms with E-state index in [1.807, 2.05) is 41.1 Å². The number of aromatic nitrogens is 2. The van der Waals surface area contributed by atoms with Crippen molar-refractivity contribution in [2.24, 2.45) is 5.92 Å². The molecule has 8 heteroatoms. The molecular formula is C17H14N4OS3. The number of nitrogens with one attached hydrogen (secondary N) is 2. The van der Waals surface area contributed by atoms with Crippen LogP contribution in [0.25, 0.3) is 21.1 Å². The highest BCUT2D eigenvalue weighted by Crippen LogP contribution is 2.36. The molecule has 0 saturated carbocycles. The number of thioether (sulfide) groups is 1. The van der Waals surface area contributed by atoms with Crippen LogP contribution in [0.5, 0.6) is 0 Å². The van der Waals surface area contributed by atoms with Gasteiger partial charge in [-0.15, -0.1) is 22.7 Å². The Hall–Kier alpha value is -2.21. The predicted molar refractivity (Wildman–Crippen MR) is 103 cm³/mol. The standard InChI is InChI=1S/C17H14N4OS3/c1-10(19)11(8-18)12(22)9-25-17-20-15(13-4-2-6-23-13)16(21-17)14-5-3-7-24-14/h2-7,11,19H,9H2,1H3,(H,20,21). The lowest BCUT2D eigenvalue weighted by atomic mass is 10.0. The van der Waals surface area contributed by atoms with Gasteiger partial charge in [-0.25, -0.2) is 4.98 Å². The van der Waals surface area contributed by atoms with Crippen molar-refractivity contribution in [2.45, 2.75) is 12.1 Å². The number of Topliss-reactive ketones (excluding diaryl/α,β-unsaturated/α-hetero) is 1. The van der Waals surface area contributed by atoms with E-state index >= 15 is 0 Å². The molecule has 126 valence electrons. The number of aromatic amines is 1. The Labute approximate surface area is 157 Å². The third-order valence-electron chi connectivity index (χ3n) is 3.44. The number of ketones is 1. The zero-order valence-corrected chi connectivity index (χ0v) is 15.7. The second kappa shape index (κ2) is 7.78. The fourth-order valence-electron chi connectivity index (χ4n) is 2.24. The maximum Gasteiger partial charge on any atom is 0.166 e. The van der Waals surface area contributed by atoms with Crippen LogP contribution in [0.3, 0.4) is 0 Å². The van der Waals surface area contributed by atoms with E-state index in [0.717, 1.165) is 21.1 Å². The number of H-pyrrole nitrogens is 1. The van der Waals surface area contributed by atoms with Crippen LogP contribution in [0, 0.1) is 22.7 Å². The molecule has 5 nitrogen and oxygen atoms in total. The van der Waals surface area contributed by atoms with Crippen molar-refractivity contribution in [2.75, 3.05) is 5.75 Å². The van der Waals surface area contributed by atoms with E-state index in [1.165, 1.54) is 18.7 Å². The lowest BCUT2D eigenvalue weighted by Crippen LogP contribution is -2.21. The van der Waals surface area contributed by atoms with Crippen molar-refractivity contribution in [3.8, 4) is 27.2 Å². The van der Waals surface area contributed by atoms with Crippen LogP contribution in [0.4, 0.5) is 0 Å². The third kappa shape index (κ3) is 3.90. The number of hydrogen-bond donors (Lipinski definition) is 2. The number of nitrogens with zero attached hydrogens (tertiary/aromatic N) is 2. The van der Waals surface area contributed by atoms with Gasteiger partial charge in [0.05, 0.1) is 27.3 Å². The molecule has 0 saturated heterocycles. The second-order valence-corrected chi connectivity index (χ2v) is 8.08. The average molecular weight is 387 g/mol. The number of hydrogen-bond acceptors (Lipinski definition) is 7. The van der Waals surface area contributed by atoms with Gasteiger partial charge in [0, 0.05) is 5.71 Å². The molecule has 0 aliphatic rings. The number of imidazole rings is 1. The topological polar surface area (TPSA) is 93.4 Å². The van der Waals surface area contributed by atoms with Crippen LogP contribution in [0.15, 0.2) is 40.2 Å². The number of carbonyl (C=O) groups excluding carboxylic acids is 1. The Bertz CT molecular complexity index is 868. The molecule has 0 aliphatic carbocycles. The molecule has 3 rings (SSSR count). The number of rotatable bonds is 7. The summed E-state index contributed by atoms with van der Waals surface area (Å²) in [5, 5.41) is 21.2. The van der Waals surface area contributed by atoms with Gasteiger partial charge in [0.2, 0.25) is 0 Å². The highest BCUT2D eigenvalue weighted by molar-refractivity contribution is 7.99. The molecule has 0 bridgehead atoms. The maximum absolute atomic E-state index is 12.1. The zero-order valence-electron chi connectivity index (χ0n) is 13.3. The molecule has 25 heavy (non-hydrogen) atoms. The fourth-order valence-corrected chi connectivity index (χ4v) is 4.47. The van der Waals surface area contributed by atoms with E-state index in [4.69, 9.17) is 10.7 Å². The molecule has 0 radical (unpaired) electrons. The molecule has 0 amide bonds. The first kappa shape index (κ1) is 17.6. The molecule has 3 aromatic rings. The van der Waals surface area contributed by atoms with Crippen molar-refractivity contribution in [1.82, 2.24) is 9.97 Å². The summed E-state index contributed by atoms with van der Waals surface area (Å²) in [6, 6.07) is 9.89. The van der Waals surface area contributed by atoms with Gasteiger partial charge in [0.1, 0.15) is 11.6 Å².